The summed E-state index contributed by atoms with van der Waals surface area (Å²) in [6.45, 7) is 2.27. The molecule has 4 rings (SSSR count). The largest absolute Gasteiger partial charge is 0.478 e. The molecular weight excluding hydrogens is 468 g/mol. The molecule has 1 aromatic heterocycles. The van der Waals surface area contributed by atoms with E-state index in [9.17, 15) is 24.3 Å². The molecule has 1 N–H and O–H groups in total. The Hall–Kier alpha value is -3.74. The quantitative estimate of drug-likeness (QED) is 0.352. The van der Waals surface area contributed by atoms with E-state index in [2.05, 4.69) is 0 Å². The summed E-state index contributed by atoms with van der Waals surface area (Å²) in [5.41, 5.74) is 2.72. The van der Waals surface area contributed by atoms with Crippen LogP contribution in [-0.2, 0) is 13.0 Å². The average Bonchev–Trinajstić information content (AvgIpc) is 3.18. The summed E-state index contributed by atoms with van der Waals surface area (Å²) in [4.78, 5) is 50.5. The van der Waals surface area contributed by atoms with E-state index in [1.54, 1.807) is 28.8 Å². The van der Waals surface area contributed by atoms with Crippen molar-refractivity contribution in [2.75, 3.05) is 0 Å². The second kappa shape index (κ2) is 12.0. The van der Waals surface area contributed by atoms with Crippen LogP contribution in [0.4, 0.5) is 0 Å². The van der Waals surface area contributed by atoms with Crippen LogP contribution in [0.2, 0.25) is 0 Å². The van der Waals surface area contributed by atoms with Crippen molar-refractivity contribution in [2.45, 2.75) is 71.3 Å². The molecule has 0 spiro atoms. The Kier molecular flexibility index (Phi) is 8.54. The molecule has 1 aliphatic rings. The van der Waals surface area contributed by atoms with Gasteiger partial charge in [-0.05, 0) is 54.4 Å². The molecule has 1 fully saturated rings. The predicted molar refractivity (Wildman–Crippen MR) is 142 cm³/mol. The van der Waals surface area contributed by atoms with Crippen LogP contribution in [-0.4, -0.2) is 32.4 Å². The van der Waals surface area contributed by atoms with E-state index in [0.717, 1.165) is 54.2 Å². The molecule has 0 unspecified atom stereocenters. The molecule has 1 saturated carbocycles. The van der Waals surface area contributed by atoms with Gasteiger partial charge in [0.1, 0.15) is 5.69 Å². The molecule has 2 aromatic carbocycles. The SMILES string of the molecule is CCCCc1c(C=O)n(C(=O)CC2CCCCC2)c(=O)n1Cc1ccc(-c2ccccc2C(=O)O)cc1. The van der Waals surface area contributed by atoms with Crippen molar-refractivity contribution in [2.24, 2.45) is 5.92 Å². The summed E-state index contributed by atoms with van der Waals surface area (Å²) in [5, 5.41) is 9.51. The van der Waals surface area contributed by atoms with Crippen LogP contribution < -0.4 is 5.69 Å². The third-order valence-corrected chi connectivity index (χ3v) is 7.36. The Labute approximate surface area is 216 Å². The third-order valence-electron chi connectivity index (χ3n) is 7.36. The van der Waals surface area contributed by atoms with Gasteiger partial charge in [0.25, 0.3) is 0 Å². The highest BCUT2D eigenvalue weighted by Gasteiger charge is 2.26. The molecule has 194 valence electrons. The zero-order valence-corrected chi connectivity index (χ0v) is 21.3. The molecule has 37 heavy (non-hydrogen) atoms. The zero-order chi connectivity index (χ0) is 26.4. The Morgan fingerprint density at radius 1 is 1.03 bits per heavy atom. The van der Waals surface area contributed by atoms with Crippen molar-refractivity contribution in [3.63, 3.8) is 0 Å². The number of benzene rings is 2. The zero-order valence-electron chi connectivity index (χ0n) is 21.3. The minimum atomic E-state index is -0.993. The van der Waals surface area contributed by atoms with Crippen molar-refractivity contribution in [1.29, 1.82) is 0 Å². The first-order valence-electron chi connectivity index (χ1n) is 13.2. The number of carbonyl (C=O) groups is 3. The van der Waals surface area contributed by atoms with E-state index >= 15 is 0 Å². The van der Waals surface area contributed by atoms with Crippen molar-refractivity contribution in [3.8, 4) is 11.1 Å². The Morgan fingerprint density at radius 3 is 2.38 bits per heavy atom. The molecule has 0 amide bonds. The lowest BCUT2D eigenvalue weighted by Gasteiger charge is -2.20. The minimum absolute atomic E-state index is 0.172. The number of imidazole rings is 1. The van der Waals surface area contributed by atoms with Crippen molar-refractivity contribution in [3.05, 3.63) is 81.5 Å². The van der Waals surface area contributed by atoms with Crippen LogP contribution in [0.25, 0.3) is 11.1 Å². The fraction of sp³-hybridized carbons (Fsp3) is 0.400. The number of carbonyl (C=O) groups excluding carboxylic acids is 2. The molecule has 0 bridgehead atoms. The summed E-state index contributed by atoms with van der Waals surface area (Å²) < 4.78 is 2.66. The number of carboxylic acid groups (broad SMARTS) is 1. The number of aromatic carboxylic acids is 1. The van der Waals surface area contributed by atoms with Gasteiger partial charge in [0.05, 0.1) is 17.8 Å². The maximum atomic E-state index is 13.5. The summed E-state index contributed by atoms with van der Waals surface area (Å²) in [5.74, 6) is -1.03. The van der Waals surface area contributed by atoms with Gasteiger partial charge in [-0.25, -0.2) is 14.2 Å². The van der Waals surface area contributed by atoms with Crippen LogP contribution >= 0.6 is 0 Å². The van der Waals surface area contributed by atoms with Crippen LogP contribution in [0.3, 0.4) is 0 Å². The standard InChI is InChI=1S/C30H34N2O5/c1-2-3-13-26-27(20-33)32(28(34)18-21-9-5-4-6-10-21)30(37)31(26)19-22-14-16-23(17-15-22)24-11-7-8-12-25(24)29(35)36/h7-8,11-12,14-17,20-21H,2-6,9-10,13,18-19H2,1H3,(H,35,36). The van der Waals surface area contributed by atoms with Gasteiger partial charge in [0.15, 0.2) is 6.29 Å². The average molecular weight is 503 g/mol. The number of nitrogens with zero attached hydrogens (tertiary/aromatic N) is 2. The first-order chi connectivity index (χ1) is 17.9. The lowest BCUT2D eigenvalue weighted by Crippen LogP contribution is -2.31. The van der Waals surface area contributed by atoms with E-state index in [4.69, 9.17) is 0 Å². The summed E-state index contributed by atoms with van der Waals surface area (Å²) in [7, 11) is 0. The van der Waals surface area contributed by atoms with E-state index in [1.165, 1.54) is 6.42 Å². The van der Waals surface area contributed by atoms with Crippen LogP contribution in [0.15, 0.2) is 53.3 Å². The molecule has 1 aliphatic carbocycles. The summed E-state index contributed by atoms with van der Waals surface area (Å²) in [6, 6.07) is 14.2. The molecule has 0 radical (unpaired) electrons. The highest BCUT2D eigenvalue weighted by Crippen LogP contribution is 2.27. The normalized spacial score (nSPS) is 14.0. The van der Waals surface area contributed by atoms with Gasteiger partial charge in [-0.3, -0.25) is 14.2 Å². The number of hydrogen-bond donors (Lipinski definition) is 1. The van der Waals surface area contributed by atoms with Gasteiger partial charge < -0.3 is 5.11 Å². The molecule has 0 saturated heterocycles. The van der Waals surface area contributed by atoms with Gasteiger partial charge in [-0.15, -0.1) is 0 Å². The van der Waals surface area contributed by atoms with E-state index in [0.29, 0.717) is 24.0 Å². The number of rotatable bonds is 10. The fourth-order valence-corrected chi connectivity index (χ4v) is 5.36. The van der Waals surface area contributed by atoms with E-state index in [-0.39, 0.29) is 36.0 Å². The maximum Gasteiger partial charge on any atom is 0.336 e. The van der Waals surface area contributed by atoms with Crippen molar-refractivity contribution >= 4 is 18.2 Å². The molecule has 3 aromatic rings. The van der Waals surface area contributed by atoms with Crippen molar-refractivity contribution in [1.82, 2.24) is 9.13 Å². The summed E-state index contributed by atoms with van der Waals surface area (Å²) >= 11 is 0. The minimum Gasteiger partial charge on any atom is -0.478 e. The van der Waals surface area contributed by atoms with Gasteiger partial charge in [-0.2, -0.15) is 0 Å². The molecule has 7 heteroatoms. The highest BCUT2D eigenvalue weighted by atomic mass is 16.4. The highest BCUT2D eigenvalue weighted by molar-refractivity contribution is 5.96. The summed E-state index contributed by atoms with van der Waals surface area (Å²) in [6.07, 6.45) is 8.51. The maximum absolute atomic E-state index is 13.5. The number of hydrogen-bond acceptors (Lipinski definition) is 4. The molecular formula is C30H34N2O5. The number of aldehydes is 1. The van der Waals surface area contributed by atoms with E-state index < -0.39 is 11.7 Å². The fourth-order valence-electron chi connectivity index (χ4n) is 5.36. The first-order valence-corrected chi connectivity index (χ1v) is 13.2. The van der Waals surface area contributed by atoms with Crippen LogP contribution in [0.1, 0.15) is 95.2 Å². The number of unbranched alkanes of at least 4 members (excludes halogenated alkanes) is 1. The molecule has 7 nitrogen and oxygen atoms in total. The number of carboxylic acids is 1. The lowest BCUT2D eigenvalue weighted by atomic mass is 9.87. The first kappa shape index (κ1) is 26.3. The van der Waals surface area contributed by atoms with Gasteiger partial charge in [0, 0.05) is 6.42 Å². The van der Waals surface area contributed by atoms with Gasteiger partial charge >= 0.3 is 11.7 Å². The predicted octanol–water partition coefficient (Wildman–Crippen LogP) is 5.83. The smallest absolute Gasteiger partial charge is 0.336 e. The molecule has 0 atom stereocenters. The van der Waals surface area contributed by atoms with Crippen LogP contribution in [0.5, 0.6) is 0 Å². The topological polar surface area (TPSA) is 98.4 Å². The van der Waals surface area contributed by atoms with E-state index in [1.807, 2.05) is 31.2 Å². The second-order valence-corrected chi connectivity index (χ2v) is 9.91. The molecule has 1 heterocycles. The van der Waals surface area contributed by atoms with Crippen LogP contribution in [0, 0.1) is 5.92 Å². The Balaban J connectivity index is 1.66. The van der Waals surface area contributed by atoms with Crippen molar-refractivity contribution < 1.29 is 19.5 Å². The Morgan fingerprint density at radius 2 is 1.73 bits per heavy atom. The van der Waals surface area contributed by atoms with Gasteiger partial charge in [-0.1, -0.05) is 75.1 Å². The second-order valence-electron chi connectivity index (χ2n) is 9.91. The van der Waals surface area contributed by atoms with Gasteiger partial charge in [0.2, 0.25) is 5.91 Å². The lowest BCUT2D eigenvalue weighted by molar-refractivity contribution is 0.0697. The molecule has 0 aliphatic heterocycles. The Bertz CT molecular complexity index is 1330. The monoisotopic (exact) mass is 502 g/mol. The number of aromatic nitrogens is 2. The third kappa shape index (κ3) is 5.82.